The Balaban J connectivity index is 1.38. The molecule has 0 saturated carbocycles. The predicted octanol–water partition coefficient (Wildman–Crippen LogP) is 4.58. The molecule has 1 fully saturated rings. The number of piperidine rings is 1. The van der Waals surface area contributed by atoms with E-state index in [1.54, 1.807) is 11.3 Å². The molecule has 1 amide bonds. The number of thiazole rings is 1. The van der Waals surface area contributed by atoms with Gasteiger partial charge in [0.05, 0.1) is 15.8 Å². The number of amides is 1. The van der Waals surface area contributed by atoms with E-state index in [4.69, 9.17) is 4.74 Å². The van der Waals surface area contributed by atoms with Crippen LogP contribution in [0.5, 0.6) is 5.19 Å². The SMILES string of the molecule is O=C(c1ccccc1I)N1CCC(Oc2nc3ccccc3s2)CC1. The van der Waals surface area contributed by atoms with Crippen LogP contribution in [-0.2, 0) is 0 Å². The van der Waals surface area contributed by atoms with E-state index in [1.165, 1.54) is 0 Å². The smallest absolute Gasteiger partial charge is 0.274 e. The van der Waals surface area contributed by atoms with E-state index in [2.05, 4.69) is 33.6 Å². The van der Waals surface area contributed by atoms with Crippen LogP contribution in [0, 0.1) is 3.57 Å². The van der Waals surface area contributed by atoms with E-state index >= 15 is 0 Å². The number of likely N-dealkylation sites (tertiary alicyclic amines) is 1. The van der Waals surface area contributed by atoms with Crippen molar-refractivity contribution in [3.05, 3.63) is 57.7 Å². The van der Waals surface area contributed by atoms with Crippen molar-refractivity contribution < 1.29 is 9.53 Å². The molecule has 2 aromatic carbocycles. The van der Waals surface area contributed by atoms with Gasteiger partial charge in [0.1, 0.15) is 6.10 Å². The van der Waals surface area contributed by atoms with Crippen LogP contribution in [0.2, 0.25) is 0 Å². The van der Waals surface area contributed by atoms with E-state index in [9.17, 15) is 4.79 Å². The van der Waals surface area contributed by atoms with Crippen LogP contribution in [0.25, 0.3) is 10.2 Å². The van der Waals surface area contributed by atoms with E-state index in [0.717, 1.165) is 50.5 Å². The van der Waals surface area contributed by atoms with Gasteiger partial charge in [-0.15, -0.1) is 0 Å². The van der Waals surface area contributed by atoms with Gasteiger partial charge in [0.2, 0.25) is 0 Å². The summed E-state index contributed by atoms with van der Waals surface area (Å²) in [6.07, 6.45) is 1.80. The first-order chi connectivity index (χ1) is 12.2. The standard InChI is InChI=1S/C19H17IN2O2S/c20-15-6-2-1-5-14(15)18(23)22-11-9-13(10-12-22)24-19-21-16-7-3-4-8-17(16)25-19/h1-8,13H,9-12H2. The summed E-state index contributed by atoms with van der Waals surface area (Å²) in [5.41, 5.74) is 1.77. The third-order valence-corrected chi connectivity index (χ3v) is 6.24. The van der Waals surface area contributed by atoms with Gasteiger partial charge in [0, 0.05) is 29.5 Å². The highest BCUT2D eigenvalue weighted by Gasteiger charge is 2.26. The largest absolute Gasteiger partial charge is 0.467 e. The number of carbonyl (C=O) groups is 1. The lowest BCUT2D eigenvalue weighted by molar-refractivity contribution is 0.0594. The summed E-state index contributed by atoms with van der Waals surface area (Å²) in [5.74, 6) is 0.114. The van der Waals surface area contributed by atoms with Crippen molar-refractivity contribution in [2.24, 2.45) is 0 Å². The van der Waals surface area contributed by atoms with E-state index in [-0.39, 0.29) is 12.0 Å². The minimum Gasteiger partial charge on any atom is -0.467 e. The van der Waals surface area contributed by atoms with Gasteiger partial charge in [0.25, 0.3) is 11.1 Å². The number of carbonyl (C=O) groups excluding carboxylic acids is 1. The van der Waals surface area contributed by atoms with Gasteiger partial charge >= 0.3 is 0 Å². The third kappa shape index (κ3) is 3.64. The van der Waals surface area contributed by atoms with Crippen LogP contribution in [0.1, 0.15) is 23.2 Å². The molecule has 0 bridgehead atoms. The number of para-hydroxylation sites is 1. The first-order valence-electron chi connectivity index (χ1n) is 8.27. The lowest BCUT2D eigenvalue weighted by atomic mass is 10.1. The summed E-state index contributed by atoms with van der Waals surface area (Å²) in [4.78, 5) is 19.1. The second-order valence-corrected chi connectivity index (χ2v) is 8.19. The Kier molecular flexibility index (Phi) is 4.89. The number of benzene rings is 2. The molecule has 2 heterocycles. The van der Waals surface area contributed by atoms with Crippen LogP contribution in [0.15, 0.2) is 48.5 Å². The minimum absolute atomic E-state index is 0.114. The molecule has 0 aliphatic carbocycles. The number of rotatable bonds is 3. The molecular formula is C19H17IN2O2S. The average molecular weight is 464 g/mol. The van der Waals surface area contributed by atoms with Crippen LogP contribution < -0.4 is 4.74 Å². The average Bonchev–Trinajstić information content (AvgIpc) is 3.04. The number of halogens is 1. The summed E-state index contributed by atoms with van der Waals surface area (Å²) < 4.78 is 8.21. The Morgan fingerprint density at radius 2 is 1.84 bits per heavy atom. The van der Waals surface area contributed by atoms with E-state index in [1.807, 2.05) is 47.4 Å². The monoisotopic (exact) mass is 464 g/mol. The summed E-state index contributed by atoms with van der Waals surface area (Å²) in [6.45, 7) is 1.44. The zero-order valence-electron chi connectivity index (χ0n) is 13.5. The van der Waals surface area contributed by atoms with Crippen LogP contribution in [-0.4, -0.2) is 35.0 Å². The van der Waals surface area contributed by atoms with Crippen LogP contribution in [0.4, 0.5) is 0 Å². The lowest BCUT2D eigenvalue weighted by Crippen LogP contribution is -2.42. The van der Waals surface area contributed by atoms with Crippen molar-refractivity contribution in [2.45, 2.75) is 18.9 Å². The molecule has 25 heavy (non-hydrogen) atoms. The van der Waals surface area contributed by atoms with Gasteiger partial charge in [-0.3, -0.25) is 4.79 Å². The maximum absolute atomic E-state index is 12.7. The highest BCUT2D eigenvalue weighted by molar-refractivity contribution is 14.1. The van der Waals surface area contributed by atoms with Crippen molar-refractivity contribution in [3.63, 3.8) is 0 Å². The molecule has 0 radical (unpaired) electrons. The van der Waals surface area contributed by atoms with Gasteiger partial charge in [0.15, 0.2) is 0 Å². The Labute approximate surface area is 164 Å². The summed E-state index contributed by atoms with van der Waals surface area (Å²) in [7, 11) is 0. The Bertz CT molecular complexity index is 870. The van der Waals surface area contributed by atoms with Gasteiger partial charge in [-0.05, 0) is 46.9 Å². The molecule has 0 atom stereocenters. The molecule has 1 aliphatic rings. The van der Waals surface area contributed by atoms with Crippen molar-refractivity contribution in [1.82, 2.24) is 9.88 Å². The topological polar surface area (TPSA) is 42.4 Å². The molecule has 3 aromatic rings. The molecule has 1 aliphatic heterocycles. The highest BCUT2D eigenvalue weighted by atomic mass is 127. The van der Waals surface area contributed by atoms with Crippen molar-refractivity contribution in [2.75, 3.05) is 13.1 Å². The van der Waals surface area contributed by atoms with Crippen molar-refractivity contribution >= 4 is 50.1 Å². The number of ether oxygens (including phenoxy) is 1. The molecule has 0 spiro atoms. The summed E-state index contributed by atoms with van der Waals surface area (Å²) in [5, 5.41) is 0.726. The molecule has 1 saturated heterocycles. The van der Waals surface area contributed by atoms with Crippen molar-refractivity contribution in [1.29, 1.82) is 0 Å². The maximum atomic E-state index is 12.7. The number of hydrogen-bond acceptors (Lipinski definition) is 4. The van der Waals surface area contributed by atoms with E-state index in [0.29, 0.717) is 0 Å². The first-order valence-corrected chi connectivity index (χ1v) is 10.2. The Hall–Kier alpha value is -1.67. The second-order valence-electron chi connectivity index (χ2n) is 6.04. The van der Waals surface area contributed by atoms with Gasteiger partial charge in [-0.2, -0.15) is 0 Å². The molecule has 4 nitrogen and oxygen atoms in total. The first kappa shape index (κ1) is 16.8. The van der Waals surface area contributed by atoms with Gasteiger partial charge in [-0.1, -0.05) is 35.6 Å². The second kappa shape index (κ2) is 7.29. The van der Waals surface area contributed by atoms with Crippen LogP contribution >= 0.6 is 33.9 Å². The lowest BCUT2D eigenvalue weighted by Gasteiger charge is -2.31. The molecule has 0 N–H and O–H groups in total. The zero-order valence-corrected chi connectivity index (χ0v) is 16.5. The highest BCUT2D eigenvalue weighted by Crippen LogP contribution is 2.29. The molecule has 4 rings (SSSR count). The van der Waals surface area contributed by atoms with E-state index < -0.39 is 0 Å². The fraction of sp³-hybridized carbons (Fsp3) is 0.263. The zero-order chi connectivity index (χ0) is 17.2. The van der Waals surface area contributed by atoms with Crippen LogP contribution in [0.3, 0.4) is 0 Å². The Morgan fingerprint density at radius 3 is 2.60 bits per heavy atom. The Morgan fingerprint density at radius 1 is 1.12 bits per heavy atom. The number of fused-ring (bicyclic) bond motifs is 1. The van der Waals surface area contributed by atoms with Gasteiger partial charge < -0.3 is 9.64 Å². The fourth-order valence-electron chi connectivity index (χ4n) is 3.03. The maximum Gasteiger partial charge on any atom is 0.274 e. The molecular weight excluding hydrogens is 447 g/mol. The summed E-state index contributed by atoms with van der Waals surface area (Å²) in [6, 6.07) is 15.8. The third-order valence-electron chi connectivity index (χ3n) is 4.38. The number of aromatic nitrogens is 1. The molecule has 6 heteroatoms. The van der Waals surface area contributed by atoms with Gasteiger partial charge in [-0.25, -0.2) is 4.98 Å². The quantitative estimate of drug-likeness (QED) is 0.533. The molecule has 0 unspecified atom stereocenters. The molecule has 128 valence electrons. The normalized spacial score (nSPS) is 15.5. The molecule has 1 aromatic heterocycles. The minimum atomic E-state index is 0.114. The van der Waals surface area contributed by atoms with Crippen molar-refractivity contribution in [3.8, 4) is 5.19 Å². The number of hydrogen-bond donors (Lipinski definition) is 0. The number of nitrogens with zero attached hydrogens (tertiary/aromatic N) is 2. The predicted molar refractivity (Wildman–Crippen MR) is 108 cm³/mol. The fourth-order valence-corrected chi connectivity index (χ4v) is 4.53. The summed E-state index contributed by atoms with van der Waals surface area (Å²) >= 11 is 3.80.